The van der Waals surface area contributed by atoms with Crippen molar-refractivity contribution in [3.8, 4) is 0 Å². The maximum absolute atomic E-state index is 12.8. The standard InChI is InChI=1S/C18H28N2O3S/c1-4-20(17-10-11-24(22,23)14-17)18(21)13-19(15(2)3)12-16-8-6-5-7-9-16/h5-9,15,17H,4,10-14H2,1-3H3. The monoisotopic (exact) mass is 352 g/mol. The van der Waals surface area contributed by atoms with Gasteiger partial charge in [0.25, 0.3) is 0 Å². The Morgan fingerprint density at radius 1 is 1.25 bits per heavy atom. The number of benzene rings is 1. The van der Waals surface area contributed by atoms with Crippen LogP contribution in [-0.2, 0) is 21.2 Å². The summed E-state index contributed by atoms with van der Waals surface area (Å²) in [6, 6.07) is 10.2. The molecule has 134 valence electrons. The Bertz CT molecular complexity index is 643. The van der Waals surface area contributed by atoms with Gasteiger partial charge in [-0.1, -0.05) is 30.3 Å². The van der Waals surface area contributed by atoms with Crippen molar-refractivity contribution in [3.05, 3.63) is 35.9 Å². The van der Waals surface area contributed by atoms with Crippen LogP contribution in [0.2, 0.25) is 0 Å². The molecular weight excluding hydrogens is 324 g/mol. The van der Waals surface area contributed by atoms with Gasteiger partial charge in [0.15, 0.2) is 9.84 Å². The fourth-order valence-corrected chi connectivity index (χ4v) is 4.89. The van der Waals surface area contributed by atoms with E-state index in [1.165, 1.54) is 5.56 Å². The SMILES string of the molecule is CCN(C(=O)CN(Cc1ccccc1)C(C)C)C1CCS(=O)(=O)C1. The predicted molar refractivity (Wildman–Crippen MR) is 96.4 cm³/mol. The van der Waals surface area contributed by atoms with Crippen molar-refractivity contribution in [1.82, 2.24) is 9.80 Å². The Kier molecular flexibility index (Phi) is 6.40. The summed E-state index contributed by atoms with van der Waals surface area (Å²) in [7, 11) is -2.98. The summed E-state index contributed by atoms with van der Waals surface area (Å²) in [5.41, 5.74) is 1.17. The van der Waals surface area contributed by atoms with E-state index >= 15 is 0 Å². The Labute approximate surface area is 145 Å². The first-order valence-corrected chi connectivity index (χ1v) is 10.4. The minimum Gasteiger partial charge on any atom is -0.338 e. The number of hydrogen-bond acceptors (Lipinski definition) is 4. The number of rotatable bonds is 7. The minimum atomic E-state index is -2.98. The van der Waals surface area contributed by atoms with E-state index < -0.39 is 9.84 Å². The van der Waals surface area contributed by atoms with Crippen LogP contribution in [0.5, 0.6) is 0 Å². The van der Waals surface area contributed by atoms with Crippen molar-refractivity contribution in [2.75, 3.05) is 24.6 Å². The van der Waals surface area contributed by atoms with Gasteiger partial charge in [-0.15, -0.1) is 0 Å². The maximum Gasteiger partial charge on any atom is 0.237 e. The van der Waals surface area contributed by atoms with E-state index in [1.54, 1.807) is 4.90 Å². The Morgan fingerprint density at radius 3 is 2.42 bits per heavy atom. The lowest BCUT2D eigenvalue weighted by Gasteiger charge is -2.32. The highest BCUT2D eigenvalue weighted by atomic mass is 32.2. The maximum atomic E-state index is 12.8. The number of carbonyl (C=O) groups excluding carboxylic acids is 1. The van der Waals surface area contributed by atoms with Gasteiger partial charge in [-0.05, 0) is 32.8 Å². The van der Waals surface area contributed by atoms with E-state index in [1.807, 2.05) is 25.1 Å². The van der Waals surface area contributed by atoms with Crippen LogP contribution >= 0.6 is 0 Å². The van der Waals surface area contributed by atoms with Crippen LogP contribution in [-0.4, -0.2) is 60.8 Å². The summed E-state index contributed by atoms with van der Waals surface area (Å²) < 4.78 is 23.4. The fourth-order valence-electron chi connectivity index (χ4n) is 3.16. The average molecular weight is 353 g/mol. The summed E-state index contributed by atoms with van der Waals surface area (Å²) in [5.74, 6) is 0.316. The van der Waals surface area contributed by atoms with Gasteiger partial charge in [0, 0.05) is 25.2 Å². The molecule has 1 saturated heterocycles. The highest BCUT2D eigenvalue weighted by Crippen LogP contribution is 2.18. The summed E-state index contributed by atoms with van der Waals surface area (Å²) in [4.78, 5) is 16.6. The third-order valence-corrected chi connectivity index (χ3v) is 6.36. The van der Waals surface area contributed by atoms with Crippen molar-refractivity contribution in [2.45, 2.75) is 45.8 Å². The smallest absolute Gasteiger partial charge is 0.237 e. The zero-order chi connectivity index (χ0) is 17.7. The second-order valence-electron chi connectivity index (χ2n) is 6.72. The molecule has 5 nitrogen and oxygen atoms in total. The number of amides is 1. The zero-order valence-corrected chi connectivity index (χ0v) is 15.6. The second kappa shape index (κ2) is 8.12. The molecule has 0 spiro atoms. The zero-order valence-electron chi connectivity index (χ0n) is 14.8. The number of nitrogens with zero attached hydrogens (tertiary/aromatic N) is 2. The van der Waals surface area contributed by atoms with Gasteiger partial charge in [0.1, 0.15) is 0 Å². The van der Waals surface area contributed by atoms with Gasteiger partial charge < -0.3 is 4.90 Å². The van der Waals surface area contributed by atoms with Crippen molar-refractivity contribution in [3.63, 3.8) is 0 Å². The van der Waals surface area contributed by atoms with Gasteiger partial charge in [-0.2, -0.15) is 0 Å². The highest BCUT2D eigenvalue weighted by Gasteiger charge is 2.34. The normalized spacial score (nSPS) is 19.8. The van der Waals surface area contributed by atoms with E-state index in [9.17, 15) is 13.2 Å². The number of sulfone groups is 1. The Hall–Kier alpha value is -1.40. The molecule has 2 rings (SSSR count). The first-order valence-electron chi connectivity index (χ1n) is 8.60. The average Bonchev–Trinajstić information content (AvgIpc) is 2.88. The fraction of sp³-hybridized carbons (Fsp3) is 0.611. The van der Waals surface area contributed by atoms with E-state index in [2.05, 4.69) is 30.9 Å². The lowest BCUT2D eigenvalue weighted by molar-refractivity contribution is -0.134. The van der Waals surface area contributed by atoms with Crippen LogP contribution < -0.4 is 0 Å². The molecule has 0 radical (unpaired) electrons. The van der Waals surface area contributed by atoms with Gasteiger partial charge in [0.2, 0.25) is 5.91 Å². The molecule has 0 N–H and O–H groups in total. The second-order valence-corrected chi connectivity index (χ2v) is 8.95. The van der Waals surface area contributed by atoms with Gasteiger partial charge in [-0.25, -0.2) is 8.42 Å². The molecule has 1 aliphatic rings. The molecule has 24 heavy (non-hydrogen) atoms. The summed E-state index contributed by atoms with van der Waals surface area (Å²) >= 11 is 0. The molecule has 1 fully saturated rings. The molecule has 0 bridgehead atoms. The molecule has 6 heteroatoms. The number of carbonyl (C=O) groups is 1. The minimum absolute atomic E-state index is 0.0178. The van der Waals surface area contributed by atoms with Gasteiger partial charge in [0.05, 0.1) is 18.1 Å². The van der Waals surface area contributed by atoms with Crippen molar-refractivity contribution >= 4 is 15.7 Å². The first kappa shape index (κ1) is 18.9. The third-order valence-electron chi connectivity index (χ3n) is 4.61. The molecule has 1 aliphatic heterocycles. The van der Waals surface area contributed by atoms with E-state index in [0.29, 0.717) is 26.1 Å². The highest BCUT2D eigenvalue weighted by molar-refractivity contribution is 7.91. The lowest BCUT2D eigenvalue weighted by atomic mass is 10.1. The van der Waals surface area contributed by atoms with Gasteiger partial charge in [-0.3, -0.25) is 9.69 Å². The summed E-state index contributed by atoms with van der Waals surface area (Å²) in [6.07, 6.45) is 0.558. The van der Waals surface area contributed by atoms with Crippen LogP contribution in [0.3, 0.4) is 0 Å². The summed E-state index contributed by atoms with van der Waals surface area (Å²) in [5, 5.41) is 0. The number of likely N-dealkylation sites (N-methyl/N-ethyl adjacent to an activating group) is 1. The number of hydrogen-bond donors (Lipinski definition) is 0. The van der Waals surface area contributed by atoms with Gasteiger partial charge >= 0.3 is 0 Å². The Balaban J connectivity index is 2.03. The van der Waals surface area contributed by atoms with Crippen LogP contribution in [0, 0.1) is 0 Å². The molecular formula is C18H28N2O3S. The Morgan fingerprint density at radius 2 is 1.92 bits per heavy atom. The molecule has 1 aromatic rings. The molecule has 0 saturated carbocycles. The molecule has 1 amide bonds. The quantitative estimate of drug-likeness (QED) is 0.752. The van der Waals surface area contributed by atoms with E-state index in [0.717, 1.165) is 0 Å². The van der Waals surface area contributed by atoms with Crippen molar-refractivity contribution < 1.29 is 13.2 Å². The molecule has 1 aromatic carbocycles. The summed E-state index contributed by atoms with van der Waals surface area (Å²) in [6.45, 7) is 7.65. The van der Waals surface area contributed by atoms with Crippen molar-refractivity contribution in [2.24, 2.45) is 0 Å². The van der Waals surface area contributed by atoms with Crippen LogP contribution in [0.4, 0.5) is 0 Å². The van der Waals surface area contributed by atoms with Crippen LogP contribution in [0.1, 0.15) is 32.8 Å². The third kappa shape index (κ3) is 5.05. The topological polar surface area (TPSA) is 57.7 Å². The largest absolute Gasteiger partial charge is 0.338 e. The molecule has 1 atom stereocenters. The molecule has 1 heterocycles. The lowest BCUT2D eigenvalue weighted by Crippen LogP contribution is -2.47. The van der Waals surface area contributed by atoms with E-state index in [-0.39, 0.29) is 29.5 Å². The first-order chi connectivity index (χ1) is 11.3. The van der Waals surface area contributed by atoms with Crippen molar-refractivity contribution in [1.29, 1.82) is 0 Å². The molecule has 0 aliphatic carbocycles. The molecule has 1 unspecified atom stereocenters. The predicted octanol–water partition coefficient (Wildman–Crippen LogP) is 1.93. The molecule has 0 aromatic heterocycles. The van der Waals surface area contributed by atoms with Crippen LogP contribution in [0.25, 0.3) is 0 Å². The van der Waals surface area contributed by atoms with Crippen LogP contribution in [0.15, 0.2) is 30.3 Å². The van der Waals surface area contributed by atoms with E-state index in [4.69, 9.17) is 0 Å².